The zero-order chi connectivity index (χ0) is 18.8. The first kappa shape index (κ1) is 19.0. The number of carbonyl (C=O) groups is 1. The largest absolute Gasteiger partial charge is 0.481 e. The molecule has 4 nitrogen and oxygen atoms in total. The topological polar surface area (TPSA) is 62.3 Å². The summed E-state index contributed by atoms with van der Waals surface area (Å²) in [5.74, 6) is 1.04. The minimum atomic E-state index is -0.807. The number of rotatable bonds is 6. The maximum absolute atomic E-state index is 10.8. The van der Waals surface area contributed by atoms with E-state index in [4.69, 9.17) is 9.84 Å². The summed E-state index contributed by atoms with van der Waals surface area (Å²) in [6.45, 7) is 4.33. The first-order valence-corrected chi connectivity index (χ1v) is 9.92. The van der Waals surface area contributed by atoms with Gasteiger partial charge in [0.25, 0.3) is 0 Å². The molecule has 0 amide bonds. The van der Waals surface area contributed by atoms with E-state index < -0.39 is 5.97 Å². The highest BCUT2D eigenvalue weighted by Gasteiger charge is 2.13. The van der Waals surface area contributed by atoms with Gasteiger partial charge >= 0.3 is 5.97 Å². The summed E-state index contributed by atoms with van der Waals surface area (Å²) >= 11 is 7.07. The fourth-order valence-electron chi connectivity index (χ4n) is 2.89. The van der Waals surface area contributed by atoms with Crippen molar-refractivity contribution in [3.05, 3.63) is 56.6 Å². The molecule has 0 bridgehead atoms. The van der Waals surface area contributed by atoms with Crippen LogP contribution in [0.2, 0.25) is 0 Å². The van der Waals surface area contributed by atoms with Gasteiger partial charge in [-0.2, -0.15) is 0 Å². The van der Waals surface area contributed by atoms with Crippen molar-refractivity contribution in [3.63, 3.8) is 0 Å². The number of carboxylic acid groups (broad SMARTS) is 1. The van der Waals surface area contributed by atoms with Crippen molar-refractivity contribution in [1.29, 1.82) is 0 Å². The number of ether oxygens (including phenoxy) is 1. The van der Waals surface area contributed by atoms with E-state index in [2.05, 4.69) is 50.7 Å². The number of aliphatic carboxylic acids is 1. The lowest BCUT2D eigenvalue weighted by Crippen LogP contribution is -1.98. The average molecular weight is 481 g/mol. The number of carboxylic acids is 1. The molecular formula is C20H19Br2NO3. The number of hydrogen-bond donors (Lipinski definition) is 2. The molecular weight excluding hydrogens is 462 g/mol. The molecule has 6 heteroatoms. The van der Waals surface area contributed by atoms with Gasteiger partial charge < -0.3 is 14.8 Å². The molecule has 0 radical (unpaired) electrons. The summed E-state index contributed by atoms with van der Waals surface area (Å²) in [5.41, 5.74) is 3.28. The fraction of sp³-hybridized carbons (Fsp3) is 0.250. The van der Waals surface area contributed by atoms with Crippen LogP contribution in [-0.4, -0.2) is 16.1 Å². The second-order valence-corrected chi connectivity index (χ2v) is 8.20. The van der Waals surface area contributed by atoms with Crippen LogP contribution in [0.15, 0.2) is 45.5 Å². The predicted octanol–water partition coefficient (Wildman–Crippen LogP) is 6.63. The van der Waals surface area contributed by atoms with Crippen LogP contribution in [0.3, 0.4) is 0 Å². The van der Waals surface area contributed by atoms with Gasteiger partial charge in [-0.25, -0.2) is 0 Å². The van der Waals surface area contributed by atoms with Crippen LogP contribution in [0.25, 0.3) is 10.9 Å². The van der Waals surface area contributed by atoms with Crippen LogP contribution < -0.4 is 4.74 Å². The molecule has 2 N–H and O–H groups in total. The summed E-state index contributed by atoms with van der Waals surface area (Å²) in [4.78, 5) is 14.1. The molecule has 1 heterocycles. The molecule has 0 aliphatic rings. The zero-order valence-corrected chi connectivity index (χ0v) is 17.6. The first-order chi connectivity index (χ1) is 12.3. The third-order valence-electron chi connectivity index (χ3n) is 4.21. The number of aromatic nitrogens is 1. The molecule has 1 aromatic heterocycles. The lowest BCUT2D eigenvalue weighted by molar-refractivity contribution is -0.136. The Labute approximate surface area is 168 Å². The molecule has 3 rings (SSSR count). The predicted molar refractivity (Wildman–Crippen MR) is 110 cm³/mol. The Morgan fingerprint density at radius 1 is 1.19 bits per heavy atom. The van der Waals surface area contributed by atoms with Crippen LogP contribution in [0.5, 0.6) is 11.5 Å². The number of halogens is 2. The van der Waals surface area contributed by atoms with Gasteiger partial charge in [-0.1, -0.05) is 13.8 Å². The third-order valence-corrected chi connectivity index (χ3v) is 5.39. The SMILES string of the molecule is CC(C)c1c[nH]c2ccc(Oc3c(Br)cc(CCC(=O)O)cc3Br)cc12. The molecule has 0 saturated carbocycles. The van der Waals surface area contributed by atoms with Crippen molar-refractivity contribution in [2.45, 2.75) is 32.6 Å². The Balaban J connectivity index is 1.89. The highest BCUT2D eigenvalue weighted by molar-refractivity contribution is 9.11. The van der Waals surface area contributed by atoms with Crippen LogP contribution in [0.4, 0.5) is 0 Å². The number of aryl methyl sites for hydroxylation is 1. The van der Waals surface area contributed by atoms with E-state index in [1.807, 2.05) is 36.5 Å². The number of nitrogens with one attached hydrogen (secondary N) is 1. The van der Waals surface area contributed by atoms with E-state index in [0.717, 1.165) is 31.2 Å². The second-order valence-electron chi connectivity index (χ2n) is 6.49. The van der Waals surface area contributed by atoms with Crippen LogP contribution in [-0.2, 0) is 11.2 Å². The molecule has 0 unspecified atom stereocenters. The third kappa shape index (κ3) is 4.13. The fourth-order valence-corrected chi connectivity index (χ4v) is 4.33. The molecule has 3 aromatic rings. The number of fused-ring (bicyclic) bond motifs is 1. The van der Waals surface area contributed by atoms with E-state index in [0.29, 0.717) is 18.1 Å². The first-order valence-electron chi connectivity index (χ1n) is 8.33. The summed E-state index contributed by atoms with van der Waals surface area (Å²) < 4.78 is 7.67. The maximum atomic E-state index is 10.8. The minimum Gasteiger partial charge on any atom is -0.481 e. The van der Waals surface area contributed by atoms with Gasteiger partial charge in [0.1, 0.15) is 5.75 Å². The molecule has 0 aliphatic carbocycles. The van der Waals surface area contributed by atoms with Crippen LogP contribution >= 0.6 is 31.9 Å². The number of aromatic amines is 1. The molecule has 0 fully saturated rings. The zero-order valence-electron chi connectivity index (χ0n) is 14.5. The van der Waals surface area contributed by atoms with Crippen LogP contribution in [0.1, 0.15) is 37.3 Å². The Morgan fingerprint density at radius 2 is 1.88 bits per heavy atom. The molecule has 0 atom stereocenters. The quantitative estimate of drug-likeness (QED) is 0.416. The van der Waals surface area contributed by atoms with Crippen LogP contribution in [0, 0.1) is 0 Å². The van der Waals surface area contributed by atoms with Gasteiger partial charge in [0.2, 0.25) is 0 Å². The van der Waals surface area contributed by atoms with E-state index >= 15 is 0 Å². The smallest absolute Gasteiger partial charge is 0.303 e. The van der Waals surface area contributed by atoms with E-state index in [1.54, 1.807) is 0 Å². The van der Waals surface area contributed by atoms with E-state index in [-0.39, 0.29) is 6.42 Å². The van der Waals surface area contributed by atoms with Gasteiger partial charge in [-0.15, -0.1) is 0 Å². The molecule has 136 valence electrons. The lowest BCUT2D eigenvalue weighted by Gasteiger charge is -2.12. The minimum absolute atomic E-state index is 0.0984. The van der Waals surface area contributed by atoms with Crippen molar-refractivity contribution in [2.75, 3.05) is 0 Å². The Bertz CT molecular complexity index is 940. The lowest BCUT2D eigenvalue weighted by atomic mass is 10.0. The second kappa shape index (κ2) is 7.84. The Hall–Kier alpha value is -1.79. The normalized spacial score (nSPS) is 11.3. The van der Waals surface area contributed by atoms with Crippen molar-refractivity contribution in [2.24, 2.45) is 0 Å². The molecule has 0 spiro atoms. The van der Waals surface area contributed by atoms with Crippen molar-refractivity contribution in [1.82, 2.24) is 4.98 Å². The van der Waals surface area contributed by atoms with Crippen molar-refractivity contribution < 1.29 is 14.6 Å². The van der Waals surface area contributed by atoms with Gasteiger partial charge in [-0.05, 0) is 85.7 Å². The summed E-state index contributed by atoms with van der Waals surface area (Å²) in [7, 11) is 0. The Morgan fingerprint density at radius 3 is 2.50 bits per heavy atom. The summed E-state index contributed by atoms with van der Waals surface area (Å²) in [6.07, 6.45) is 2.61. The summed E-state index contributed by atoms with van der Waals surface area (Å²) in [5, 5.41) is 10.00. The number of H-pyrrole nitrogens is 1. The summed E-state index contributed by atoms with van der Waals surface area (Å²) in [6, 6.07) is 9.78. The van der Waals surface area contributed by atoms with E-state index in [1.165, 1.54) is 5.56 Å². The molecule has 26 heavy (non-hydrogen) atoms. The number of hydrogen-bond acceptors (Lipinski definition) is 2. The molecule has 2 aromatic carbocycles. The van der Waals surface area contributed by atoms with Crippen molar-refractivity contribution >= 4 is 48.7 Å². The Kier molecular flexibility index (Phi) is 5.73. The van der Waals surface area contributed by atoms with Gasteiger partial charge in [0.05, 0.1) is 8.95 Å². The van der Waals surface area contributed by atoms with E-state index in [9.17, 15) is 4.79 Å². The van der Waals surface area contributed by atoms with Crippen molar-refractivity contribution in [3.8, 4) is 11.5 Å². The standard InChI is InChI=1S/C20H19Br2NO3/c1-11(2)15-10-23-18-5-4-13(9-14(15)18)26-20-16(21)7-12(8-17(20)22)3-6-19(24)25/h4-5,7-11,23H,3,6H2,1-2H3,(H,24,25). The maximum Gasteiger partial charge on any atom is 0.303 e. The van der Waals surface area contributed by atoms with Gasteiger partial charge in [0.15, 0.2) is 5.75 Å². The average Bonchev–Trinajstić information content (AvgIpc) is 2.99. The molecule has 0 saturated heterocycles. The number of benzene rings is 2. The van der Waals surface area contributed by atoms with Gasteiger partial charge in [-0.3, -0.25) is 4.79 Å². The molecule has 0 aliphatic heterocycles. The highest BCUT2D eigenvalue weighted by Crippen LogP contribution is 2.39. The van der Waals surface area contributed by atoms with Gasteiger partial charge in [0, 0.05) is 23.5 Å². The highest BCUT2D eigenvalue weighted by atomic mass is 79.9. The monoisotopic (exact) mass is 479 g/mol.